The van der Waals surface area contributed by atoms with E-state index in [0.717, 1.165) is 4.57 Å². The molecule has 4 heterocycles. The van der Waals surface area contributed by atoms with Gasteiger partial charge in [0.1, 0.15) is 12.7 Å². The lowest BCUT2D eigenvalue weighted by atomic mass is 9.96. The molecule has 5 rings (SSSR count). The highest BCUT2D eigenvalue weighted by atomic mass is 19.4. The van der Waals surface area contributed by atoms with Crippen LogP contribution in [0.4, 0.5) is 23.2 Å². The van der Waals surface area contributed by atoms with Crippen LogP contribution in [0.3, 0.4) is 0 Å². The number of anilines is 1. The fourth-order valence-electron chi connectivity index (χ4n) is 5.15. The van der Waals surface area contributed by atoms with Crippen molar-refractivity contribution in [2.45, 2.75) is 64.2 Å². The van der Waals surface area contributed by atoms with E-state index >= 15 is 4.39 Å². The maximum absolute atomic E-state index is 15.2. The second kappa shape index (κ2) is 10.8. The Kier molecular flexibility index (Phi) is 7.58. The van der Waals surface area contributed by atoms with E-state index in [9.17, 15) is 18.0 Å². The molecule has 1 saturated heterocycles. The SMILES string of the molecule is Cn1ccc(C(=O)NCc2nc(-c3cc4c(N[C@@H]5CCN(C(C)(C)C)C[C@H]5F)cccc4n3CC(F)(F)F)no2)c1. The van der Waals surface area contributed by atoms with Crippen LogP contribution in [0, 0.1) is 0 Å². The minimum absolute atomic E-state index is 0.0392. The maximum atomic E-state index is 15.2. The van der Waals surface area contributed by atoms with E-state index in [-0.39, 0.29) is 41.9 Å². The van der Waals surface area contributed by atoms with Crippen LogP contribution in [0.15, 0.2) is 47.2 Å². The van der Waals surface area contributed by atoms with Crippen LogP contribution in [0.5, 0.6) is 0 Å². The minimum atomic E-state index is -4.52. The number of amides is 1. The predicted molar refractivity (Wildman–Crippen MR) is 146 cm³/mol. The highest BCUT2D eigenvalue weighted by Crippen LogP contribution is 2.35. The molecule has 0 saturated carbocycles. The molecule has 220 valence electrons. The summed E-state index contributed by atoms with van der Waals surface area (Å²) in [5, 5.41) is 10.3. The van der Waals surface area contributed by atoms with E-state index in [1.807, 2.05) is 20.8 Å². The second-order valence-corrected chi connectivity index (χ2v) is 11.4. The molecule has 41 heavy (non-hydrogen) atoms. The number of nitrogens with zero attached hydrogens (tertiary/aromatic N) is 5. The van der Waals surface area contributed by atoms with Gasteiger partial charge < -0.3 is 24.3 Å². The Hall–Kier alpha value is -3.87. The number of likely N-dealkylation sites (tertiary alicyclic amines) is 1. The van der Waals surface area contributed by atoms with E-state index in [1.54, 1.807) is 54.3 Å². The van der Waals surface area contributed by atoms with Crippen molar-refractivity contribution in [3.8, 4) is 11.5 Å². The number of hydrogen-bond acceptors (Lipinski definition) is 6. The third-order valence-corrected chi connectivity index (χ3v) is 7.31. The van der Waals surface area contributed by atoms with Crippen LogP contribution >= 0.6 is 0 Å². The van der Waals surface area contributed by atoms with Crippen molar-refractivity contribution in [1.29, 1.82) is 0 Å². The molecule has 9 nitrogen and oxygen atoms in total. The average Bonchev–Trinajstić information content (AvgIpc) is 3.62. The predicted octanol–water partition coefficient (Wildman–Crippen LogP) is 5.14. The monoisotopic (exact) mass is 575 g/mol. The summed E-state index contributed by atoms with van der Waals surface area (Å²) in [5.41, 5.74) is 1.20. The first-order valence-electron chi connectivity index (χ1n) is 13.4. The quantitative estimate of drug-likeness (QED) is 0.297. The highest BCUT2D eigenvalue weighted by molar-refractivity contribution is 5.96. The van der Waals surface area contributed by atoms with Crippen molar-refractivity contribution in [2.75, 3.05) is 18.4 Å². The van der Waals surface area contributed by atoms with Gasteiger partial charge in [0.2, 0.25) is 11.7 Å². The van der Waals surface area contributed by atoms with Gasteiger partial charge in [0, 0.05) is 49.1 Å². The van der Waals surface area contributed by atoms with Gasteiger partial charge in [-0.05, 0) is 51.5 Å². The number of carbonyl (C=O) groups is 1. The van der Waals surface area contributed by atoms with Crippen molar-refractivity contribution in [3.05, 3.63) is 54.2 Å². The number of piperidine rings is 1. The van der Waals surface area contributed by atoms with E-state index < -0.39 is 24.9 Å². The van der Waals surface area contributed by atoms with Crippen LogP contribution < -0.4 is 10.6 Å². The number of hydrogen-bond donors (Lipinski definition) is 2. The Morgan fingerprint density at radius 2 is 1.98 bits per heavy atom. The molecular weight excluding hydrogens is 542 g/mol. The summed E-state index contributed by atoms with van der Waals surface area (Å²) in [7, 11) is 1.79. The number of carbonyl (C=O) groups excluding carboxylic acids is 1. The van der Waals surface area contributed by atoms with Crippen molar-refractivity contribution in [3.63, 3.8) is 0 Å². The van der Waals surface area contributed by atoms with Crippen LogP contribution in [0.2, 0.25) is 0 Å². The first-order chi connectivity index (χ1) is 19.3. The number of aryl methyl sites for hydroxylation is 1. The molecule has 1 fully saturated rings. The Balaban J connectivity index is 1.41. The zero-order valence-electron chi connectivity index (χ0n) is 23.3. The molecule has 0 aliphatic carbocycles. The van der Waals surface area contributed by atoms with Crippen molar-refractivity contribution >= 4 is 22.5 Å². The van der Waals surface area contributed by atoms with Gasteiger partial charge in [-0.1, -0.05) is 11.2 Å². The second-order valence-electron chi connectivity index (χ2n) is 11.4. The summed E-state index contributed by atoms with van der Waals surface area (Å²) in [4.78, 5) is 18.7. The van der Waals surface area contributed by atoms with Crippen molar-refractivity contribution < 1.29 is 26.9 Å². The Bertz CT molecular complexity index is 1530. The first kappa shape index (κ1) is 28.7. The van der Waals surface area contributed by atoms with Crippen LogP contribution in [0.25, 0.3) is 22.4 Å². The largest absolute Gasteiger partial charge is 0.406 e. The van der Waals surface area contributed by atoms with Gasteiger partial charge in [-0.3, -0.25) is 9.69 Å². The number of halogens is 4. The Labute approximate surface area is 234 Å². The van der Waals surface area contributed by atoms with Gasteiger partial charge in [0.15, 0.2) is 0 Å². The van der Waals surface area contributed by atoms with Crippen molar-refractivity contribution in [1.82, 2.24) is 29.5 Å². The summed E-state index contributed by atoms with van der Waals surface area (Å²) in [6, 6.07) is 7.66. The smallest absolute Gasteiger partial charge is 0.379 e. The third kappa shape index (κ3) is 6.39. The summed E-state index contributed by atoms with van der Waals surface area (Å²) in [6.45, 7) is 5.71. The number of fused-ring (bicyclic) bond motifs is 1. The molecule has 4 aromatic rings. The number of alkyl halides is 4. The van der Waals surface area contributed by atoms with Crippen LogP contribution in [-0.4, -0.2) is 67.1 Å². The number of aromatic nitrogens is 4. The lowest BCUT2D eigenvalue weighted by molar-refractivity contribution is -0.139. The third-order valence-electron chi connectivity index (χ3n) is 7.31. The normalized spacial score (nSPS) is 18.6. The lowest BCUT2D eigenvalue weighted by Gasteiger charge is -2.42. The molecule has 1 amide bonds. The minimum Gasteiger partial charge on any atom is -0.379 e. The van der Waals surface area contributed by atoms with Gasteiger partial charge in [0.05, 0.1) is 29.4 Å². The average molecular weight is 576 g/mol. The van der Waals surface area contributed by atoms with Crippen molar-refractivity contribution in [2.24, 2.45) is 7.05 Å². The van der Waals surface area contributed by atoms with E-state index in [4.69, 9.17) is 4.52 Å². The molecule has 1 aliphatic heterocycles. The van der Waals surface area contributed by atoms with Crippen LogP contribution in [0.1, 0.15) is 43.4 Å². The molecule has 0 spiro atoms. The molecule has 2 N–H and O–H groups in total. The Morgan fingerprint density at radius 3 is 2.63 bits per heavy atom. The van der Waals surface area contributed by atoms with Gasteiger partial charge >= 0.3 is 6.18 Å². The van der Waals surface area contributed by atoms with Crippen LogP contribution in [-0.2, 0) is 20.1 Å². The standard InChI is InChI=1S/C28H33F4N7O2/c1-27(2,3)38-11-9-21(19(29)15-38)34-20-6-5-7-22-18(20)12-23(39(22)16-28(30,31)32)25-35-24(41-36-25)13-33-26(40)17-8-10-37(4)14-17/h5-8,10,12,14,19,21,34H,9,11,13,15-16H2,1-4H3,(H,33,40)/t19-,21-/m1/s1. The molecule has 13 heteroatoms. The fraction of sp³-hybridized carbons (Fsp3) is 0.464. The number of rotatable bonds is 7. The highest BCUT2D eigenvalue weighted by Gasteiger charge is 2.35. The molecular formula is C28H33F4N7O2. The van der Waals surface area contributed by atoms with E-state index in [2.05, 4.69) is 25.7 Å². The zero-order chi connectivity index (χ0) is 29.5. The molecule has 2 atom stereocenters. The Morgan fingerprint density at radius 1 is 1.20 bits per heavy atom. The number of nitrogens with one attached hydrogen (secondary N) is 2. The fourth-order valence-corrected chi connectivity index (χ4v) is 5.15. The van der Waals surface area contributed by atoms with E-state index in [0.29, 0.717) is 35.1 Å². The molecule has 0 radical (unpaired) electrons. The van der Waals surface area contributed by atoms with Gasteiger partial charge in [-0.15, -0.1) is 0 Å². The van der Waals surface area contributed by atoms with Gasteiger partial charge in [-0.25, -0.2) is 4.39 Å². The molecule has 1 aliphatic rings. The van der Waals surface area contributed by atoms with E-state index in [1.165, 1.54) is 0 Å². The topological polar surface area (TPSA) is 93.2 Å². The number of benzene rings is 1. The molecule has 3 aromatic heterocycles. The molecule has 0 unspecified atom stereocenters. The summed E-state index contributed by atoms with van der Waals surface area (Å²) in [6.07, 6.45) is -1.75. The summed E-state index contributed by atoms with van der Waals surface area (Å²) in [5.74, 6) is -0.369. The lowest BCUT2D eigenvalue weighted by Crippen LogP contribution is -2.54. The first-order valence-corrected chi connectivity index (χ1v) is 13.4. The van der Waals surface area contributed by atoms with Gasteiger partial charge in [0.25, 0.3) is 5.91 Å². The van der Waals surface area contributed by atoms with Gasteiger partial charge in [-0.2, -0.15) is 18.2 Å². The zero-order valence-corrected chi connectivity index (χ0v) is 23.3. The molecule has 1 aromatic carbocycles. The molecule has 0 bridgehead atoms. The summed E-state index contributed by atoms with van der Waals surface area (Å²) < 4.78 is 64.3. The maximum Gasteiger partial charge on any atom is 0.406 e. The summed E-state index contributed by atoms with van der Waals surface area (Å²) >= 11 is 0.